The molecule has 2 saturated heterocycles. The van der Waals surface area contributed by atoms with Gasteiger partial charge in [-0.15, -0.1) is 0 Å². The van der Waals surface area contributed by atoms with Gasteiger partial charge in [0.1, 0.15) is 0 Å². The normalized spacial score (nSPS) is 24.3. The van der Waals surface area contributed by atoms with Gasteiger partial charge in [0.15, 0.2) is 5.76 Å². The van der Waals surface area contributed by atoms with Crippen LogP contribution in [-0.4, -0.2) is 72.2 Å². The Labute approximate surface area is 108 Å². The molecule has 0 radical (unpaired) electrons. The minimum absolute atomic E-state index is 0.753. The molecule has 0 N–H and O–H groups in total. The third-order valence-electron chi connectivity index (χ3n) is 4.05. The van der Waals surface area contributed by atoms with Gasteiger partial charge in [-0.1, -0.05) is 5.16 Å². The van der Waals surface area contributed by atoms with Crippen LogP contribution in [0.2, 0.25) is 0 Å². The maximum Gasteiger partial charge on any atom is 0.150 e. The second-order valence-electron chi connectivity index (χ2n) is 5.62. The molecule has 5 heteroatoms. The lowest BCUT2D eigenvalue weighted by Crippen LogP contribution is -2.62. The van der Waals surface area contributed by atoms with Crippen LogP contribution < -0.4 is 0 Å². The summed E-state index contributed by atoms with van der Waals surface area (Å²) in [6.45, 7) is 10.1. The van der Waals surface area contributed by atoms with Gasteiger partial charge >= 0.3 is 0 Å². The molecule has 18 heavy (non-hydrogen) atoms. The number of likely N-dealkylation sites (N-methyl/N-ethyl adjacent to an activating group) is 1. The zero-order valence-electron chi connectivity index (χ0n) is 11.3. The summed E-state index contributed by atoms with van der Waals surface area (Å²) in [6.07, 6.45) is 0. The van der Waals surface area contributed by atoms with E-state index in [1.165, 1.54) is 39.3 Å². The zero-order valence-corrected chi connectivity index (χ0v) is 11.3. The van der Waals surface area contributed by atoms with E-state index in [-0.39, 0.29) is 0 Å². The van der Waals surface area contributed by atoms with Crippen LogP contribution in [0.1, 0.15) is 11.5 Å². The highest BCUT2D eigenvalue weighted by Crippen LogP contribution is 2.19. The maximum absolute atomic E-state index is 5.25. The van der Waals surface area contributed by atoms with Crippen molar-refractivity contribution in [1.29, 1.82) is 0 Å². The number of aryl methyl sites for hydroxylation is 1. The van der Waals surface area contributed by atoms with Gasteiger partial charge < -0.3 is 9.42 Å². The van der Waals surface area contributed by atoms with Crippen LogP contribution in [0.15, 0.2) is 10.6 Å². The Morgan fingerprint density at radius 1 is 1.28 bits per heavy atom. The van der Waals surface area contributed by atoms with Crippen molar-refractivity contribution in [3.63, 3.8) is 0 Å². The van der Waals surface area contributed by atoms with E-state index >= 15 is 0 Å². The minimum Gasteiger partial charge on any atom is -0.360 e. The fourth-order valence-electron chi connectivity index (χ4n) is 2.80. The first-order valence-electron chi connectivity index (χ1n) is 6.78. The lowest BCUT2D eigenvalue weighted by atomic mass is 10.1. The molecule has 100 valence electrons. The summed E-state index contributed by atoms with van der Waals surface area (Å²) in [5, 5.41) is 3.93. The second-order valence-corrected chi connectivity index (χ2v) is 5.62. The van der Waals surface area contributed by atoms with E-state index in [2.05, 4.69) is 26.9 Å². The van der Waals surface area contributed by atoms with Crippen molar-refractivity contribution in [2.24, 2.45) is 0 Å². The summed E-state index contributed by atoms with van der Waals surface area (Å²) in [7, 11) is 2.21. The number of nitrogens with zero attached hydrogens (tertiary/aromatic N) is 4. The van der Waals surface area contributed by atoms with E-state index in [4.69, 9.17) is 4.52 Å². The van der Waals surface area contributed by atoms with Gasteiger partial charge in [-0.2, -0.15) is 0 Å². The van der Waals surface area contributed by atoms with E-state index in [0.29, 0.717) is 0 Å². The maximum atomic E-state index is 5.25. The minimum atomic E-state index is 0.753. The number of likely N-dealkylation sites (tertiary alicyclic amines) is 1. The van der Waals surface area contributed by atoms with Gasteiger partial charge in [0.25, 0.3) is 0 Å². The summed E-state index contributed by atoms with van der Waals surface area (Å²) >= 11 is 0. The monoisotopic (exact) mass is 250 g/mol. The molecule has 1 aromatic rings. The summed E-state index contributed by atoms with van der Waals surface area (Å²) in [6, 6.07) is 2.78. The lowest BCUT2D eigenvalue weighted by molar-refractivity contribution is 0.00174. The number of aromatic nitrogens is 1. The predicted octanol–water partition coefficient (Wildman–Crippen LogP) is 0.415. The highest BCUT2D eigenvalue weighted by Gasteiger charge is 2.33. The SMILES string of the molecule is Cc1cc(CN2CC(N3CCN(C)CC3)C2)on1. The second kappa shape index (κ2) is 4.99. The summed E-state index contributed by atoms with van der Waals surface area (Å²) < 4.78 is 5.25. The molecule has 1 aromatic heterocycles. The molecule has 0 saturated carbocycles. The van der Waals surface area contributed by atoms with Crippen LogP contribution in [0.4, 0.5) is 0 Å². The van der Waals surface area contributed by atoms with Gasteiger partial charge in [0, 0.05) is 51.4 Å². The molecule has 0 spiro atoms. The fourth-order valence-corrected chi connectivity index (χ4v) is 2.80. The molecule has 0 amide bonds. The third-order valence-corrected chi connectivity index (χ3v) is 4.05. The van der Waals surface area contributed by atoms with Crippen molar-refractivity contribution in [1.82, 2.24) is 19.9 Å². The Morgan fingerprint density at radius 3 is 2.61 bits per heavy atom. The van der Waals surface area contributed by atoms with Crippen LogP contribution in [-0.2, 0) is 6.54 Å². The largest absolute Gasteiger partial charge is 0.360 e. The first-order chi connectivity index (χ1) is 8.70. The van der Waals surface area contributed by atoms with Crippen LogP contribution in [0, 0.1) is 6.92 Å². The first-order valence-corrected chi connectivity index (χ1v) is 6.78. The molecule has 0 atom stereocenters. The van der Waals surface area contributed by atoms with E-state index < -0.39 is 0 Å². The van der Waals surface area contributed by atoms with E-state index in [1.807, 2.05) is 13.0 Å². The molecule has 0 bridgehead atoms. The van der Waals surface area contributed by atoms with Crippen molar-refractivity contribution in [3.05, 3.63) is 17.5 Å². The Bertz CT molecular complexity index is 391. The number of piperazine rings is 1. The molecule has 2 aliphatic rings. The van der Waals surface area contributed by atoms with Crippen molar-refractivity contribution < 1.29 is 4.52 Å². The van der Waals surface area contributed by atoms with Gasteiger partial charge in [-0.3, -0.25) is 9.80 Å². The summed E-state index contributed by atoms with van der Waals surface area (Å²) in [5.74, 6) is 0.990. The Hall–Kier alpha value is -0.910. The van der Waals surface area contributed by atoms with Crippen LogP contribution in [0.25, 0.3) is 0 Å². The average Bonchev–Trinajstić information content (AvgIpc) is 2.71. The van der Waals surface area contributed by atoms with Gasteiger partial charge in [0.2, 0.25) is 0 Å². The van der Waals surface area contributed by atoms with Gasteiger partial charge in [0.05, 0.1) is 12.2 Å². The number of rotatable bonds is 3. The Kier molecular flexibility index (Phi) is 3.37. The Morgan fingerprint density at radius 2 is 2.00 bits per heavy atom. The van der Waals surface area contributed by atoms with Gasteiger partial charge in [-0.25, -0.2) is 0 Å². The molecular weight excluding hydrogens is 228 g/mol. The first kappa shape index (κ1) is 12.1. The molecule has 0 aliphatic carbocycles. The number of hydrogen-bond acceptors (Lipinski definition) is 5. The quantitative estimate of drug-likeness (QED) is 0.777. The van der Waals surface area contributed by atoms with E-state index in [9.17, 15) is 0 Å². The van der Waals surface area contributed by atoms with Crippen molar-refractivity contribution >= 4 is 0 Å². The lowest BCUT2D eigenvalue weighted by Gasteiger charge is -2.47. The molecule has 2 aliphatic heterocycles. The van der Waals surface area contributed by atoms with Crippen molar-refractivity contribution in [2.75, 3.05) is 46.3 Å². The molecule has 0 unspecified atom stereocenters. The van der Waals surface area contributed by atoms with Crippen LogP contribution in [0.5, 0.6) is 0 Å². The predicted molar refractivity (Wildman–Crippen MR) is 69.4 cm³/mol. The highest BCUT2D eigenvalue weighted by molar-refractivity contribution is 5.04. The Balaban J connectivity index is 1.43. The summed E-state index contributed by atoms with van der Waals surface area (Å²) in [5.41, 5.74) is 0.973. The topological polar surface area (TPSA) is 35.8 Å². The van der Waals surface area contributed by atoms with E-state index in [1.54, 1.807) is 0 Å². The average molecular weight is 250 g/mol. The third kappa shape index (κ3) is 2.58. The van der Waals surface area contributed by atoms with Crippen molar-refractivity contribution in [3.8, 4) is 0 Å². The molecule has 5 nitrogen and oxygen atoms in total. The van der Waals surface area contributed by atoms with Crippen molar-refractivity contribution in [2.45, 2.75) is 19.5 Å². The number of hydrogen-bond donors (Lipinski definition) is 0. The molecule has 3 rings (SSSR count). The fraction of sp³-hybridized carbons (Fsp3) is 0.769. The molecule has 0 aromatic carbocycles. The standard InChI is InChI=1S/C13H22N4O/c1-11-7-13(18-14-11)10-16-8-12(9-16)17-5-3-15(2)4-6-17/h7,12H,3-6,8-10H2,1-2H3. The molecular formula is C13H22N4O. The van der Waals surface area contributed by atoms with E-state index in [0.717, 1.165) is 24.0 Å². The van der Waals surface area contributed by atoms with Gasteiger partial charge in [-0.05, 0) is 14.0 Å². The highest BCUT2D eigenvalue weighted by atomic mass is 16.5. The van der Waals surface area contributed by atoms with Crippen LogP contribution >= 0.6 is 0 Å². The molecule has 3 heterocycles. The summed E-state index contributed by atoms with van der Waals surface area (Å²) in [4.78, 5) is 7.47. The van der Waals surface area contributed by atoms with Crippen LogP contribution in [0.3, 0.4) is 0 Å². The zero-order chi connectivity index (χ0) is 12.5. The molecule has 2 fully saturated rings. The smallest absolute Gasteiger partial charge is 0.150 e.